The van der Waals surface area contributed by atoms with Crippen molar-refractivity contribution in [2.75, 3.05) is 0 Å². The first-order valence-electron chi connectivity index (χ1n) is 8.94. The minimum absolute atomic E-state index is 0.0149. The molecule has 0 aromatic rings. The van der Waals surface area contributed by atoms with E-state index in [0.717, 1.165) is 32.1 Å². The fraction of sp³-hybridized carbons (Fsp3) is 0.750. The molecule has 0 saturated heterocycles. The van der Waals surface area contributed by atoms with Crippen LogP contribution in [-0.4, -0.2) is 22.3 Å². The molecule has 2 saturated carbocycles. The van der Waals surface area contributed by atoms with Gasteiger partial charge in [-0.25, -0.2) is 0 Å². The van der Waals surface area contributed by atoms with Crippen LogP contribution in [-0.2, 0) is 4.79 Å². The quantitative estimate of drug-likeness (QED) is 0.751. The Kier molecular flexibility index (Phi) is 3.79. The molecule has 6 atom stereocenters. The fourth-order valence-corrected chi connectivity index (χ4v) is 5.89. The maximum Gasteiger partial charge on any atom is 0.312 e. The fourth-order valence-electron chi connectivity index (χ4n) is 5.89. The van der Waals surface area contributed by atoms with Crippen LogP contribution in [0.1, 0.15) is 59.3 Å². The Hall–Kier alpha value is -1.09. The smallest absolute Gasteiger partial charge is 0.312 e. The molecule has 0 spiro atoms. The van der Waals surface area contributed by atoms with E-state index in [1.807, 2.05) is 0 Å². The highest BCUT2D eigenvalue weighted by atomic mass is 16.4. The normalized spacial score (nSPS) is 49.6. The second kappa shape index (κ2) is 5.20. The summed E-state index contributed by atoms with van der Waals surface area (Å²) < 4.78 is 0. The van der Waals surface area contributed by atoms with Crippen molar-refractivity contribution >= 4 is 5.97 Å². The van der Waals surface area contributed by atoms with Crippen molar-refractivity contribution < 1.29 is 15.0 Å². The topological polar surface area (TPSA) is 57.5 Å². The van der Waals surface area contributed by atoms with E-state index in [1.54, 1.807) is 6.92 Å². The van der Waals surface area contributed by atoms with Crippen LogP contribution in [0.15, 0.2) is 24.3 Å². The third-order valence-electron chi connectivity index (χ3n) is 7.55. The number of allylic oxidation sites excluding steroid dienone is 3. The highest BCUT2D eigenvalue weighted by Crippen LogP contribution is 2.63. The predicted molar refractivity (Wildman–Crippen MR) is 90.9 cm³/mol. The number of aliphatic hydroxyl groups is 1. The van der Waals surface area contributed by atoms with Gasteiger partial charge in [0.2, 0.25) is 0 Å². The van der Waals surface area contributed by atoms with Crippen molar-refractivity contribution in [3.8, 4) is 0 Å². The molecule has 0 amide bonds. The number of fused-ring (bicyclic) bond motifs is 3. The SMILES string of the molecule is C=CC1(C)C=C2CCC3C(C)(CCC(O)C3(C)C(=O)O)C2CC1. The maximum atomic E-state index is 12.0. The molecule has 3 aliphatic rings. The van der Waals surface area contributed by atoms with E-state index in [2.05, 4.69) is 32.6 Å². The lowest BCUT2D eigenvalue weighted by atomic mass is 9.44. The molecule has 2 fully saturated rings. The molecule has 2 N–H and O–H groups in total. The molecule has 3 nitrogen and oxygen atoms in total. The standard InChI is InChI=1S/C20H30O3/c1-5-18(2)10-8-14-13(12-18)6-7-15-19(14,3)11-9-16(21)20(15,4)17(22)23/h5,12,14-16,21H,1,6-11H2,2-4H3,(H,22,23). The summed E-state index contributed by atoms with van der Waals surface area (Å²) in [4.78, 5) is 12.0. The molecule has 6 unspecified atom stereocenters. The molecular weight excluding hydrogens is 288 g/mol. The molecule has 3 rings (SSSR count). The number of rotatable bonds is 2. The Morgan fingerprint density at radius 3 is 2.57 bits per heavy atom. The molecule has 3 aliphatic carbocycles. The third kappa shape index (κ3) is 2.23. The van der Waals surface area contributed by atoms with Gasteiger partial charge in [-0.2, -0.15) is 0 Å². The summed E-state index contributed by atoms with van der Waals surface area (Å²) in [6.07, 6.45) is 9.26. The van der Waals surface area contributed by atoms with Crippen LogP contribution in [0.5, 0.6) is 0 Å². The van der Waals surface area contributed by atoms with Crippen LogP contribution in [0.25, 0.3) is 0 Å². The van der Waals surface area contributed by atoms with Gasteiger partial charge >= 0.3 is 5.97 Å². The van der Waals surface area contributed by atoms with Crippen LogP contribution in [0.2, 0.25) is 0 Å². The first-order chi connectivity index (χ1) is 10.7. The van der Waals surface area contributed by atoms with Crippen molar-refractivity contribution in [2.45, 2.75) is 65.4 Å². The number of carboxylic acids is 1. The minimum Gasteiger partial charge on any atom is -0.481 e. The summed E-state index contributed by atoms with van der Waals surface area (Å²) >= 11 is 0. The van der Waals surface area contributed by atoms with Crippen molar-refractivity contribution in [2.24, 2.45) is 28.1 Å². The van der Waals surface area contributed by atoms with E-state index in [4.69, 9.17) is 0 Å². The monoisotopic (exact) mass is 318 g/mol. The number of carbonyl (C=O) groups is 1. The molecule has 0 aromatic carbocycles. The Bertz CT molecular complexity index is 565. The van der Waals surface area contributed by atoms with Crippen molar-refractivity contribution in [3.63, 3.8) is 0 Å². The minimum atomic E-state index is -1.02. The number of hydrogen-bond acceptors (Lipinski definition) is 2. The molecule has 128 valence electrons. The Morgan fingerprint density at radius 2 is 1.96 bits per heavy atom. The van der Waals surface area contributed by atoms with E-state index in [1.165, 1.54) is 5.57 Å². The Balaban J connectivity index is 2.01. The molecular formula is C20H30O3. The van der Waals surface area contributed by atoms with Crippen LogP contribution < -0.4 is 0 Å². The second-order valence-electron chi connectivity index (χ2n) is 8.76. The summed E-state index contributed by atoms with van der Waals surface area (Å²) in [6, 6.07) is 0. The summed E-state index contributed by atoms with van der Waals surface area (Å²) in [7, 11) is 0. The van der Waals surface area contributed by atoms with Crippen LogP contribution in [0.3, 0.4) is 0 Å². The number of aliphatic carboxylic acids is 1. The van der Waals surface area contributed by atoms with Crippen LogP contribution in [0, 0.1) is 28.1 Å². The average Bonchev–Trinajstić information content (AvgIpc) is 2.51. The summed E-state index contributed by atoms with van der Waals surface area (Å²) in [5.41, 5.74) is 0.553. The van der Waals surface area contributed by atoms with E-state index in [-0.39, 0.29) is 16.7 Å². The average molecular weight is 318 g/mol. The zero-order valence-corrected chi connectivity index (χ0v) is 14.6. The van der Waals surface area contributed by atoms with Crippen molar-refractivity contribution in [1.82, 2.24) is 0 Å². The molecule has 0 heterocycles. The number of aliphatic hydroxyl groups excluding tert-OH is 1. The third-order valence-corrected chi connectivity index (χ3v) is 7.55. The van der Waals surface area contributed by atoms with E-state index in [9.17, 15) is 15.0 Å². The molecule has 0 radical (unpaired) electrons. The maximum absolute atomic E-state index is 12.0. The van der Waals surface area contributed by atoms with Gasteiger partial charge in [0.1, 0.15) is 0 Å². The van der Waals surface area contributed by atoms with Gasteiger partial charge in [-0.05, 0) is 62.7 Å². The lowest BCUT2D eigenvalue weighted by molar-refractivity contribution is -0.183. The van der Waals surface area contributed by atoms with Gasteiger partial charge in [-0.1, -0.05) is 31.6 Å². The van der Waals surface area contributed by atoms with Gasteiger partial charge < -0.3 is 10.2 Å². The highest BCUT2D eigenvalue weighted by Gasteiger charge is 2.61. The zero-order valence-electron chi connectivity index (χ0n) is 14.6. The summed E-state index contributed by atoms with van der Waals surface area (Å²) in [5, 5.41) is 20.3. The number of hydrogen-bond donors (Lipinski definition) is 2. The molecule has 3 heteroatoms. The molecule has 23 heavy (non-hydrogen) atoms. The molecule has 0 aliphatic heterocycles. The zero-order chi connectivity index (χ0) is 17.0. The van der Waals surface area contributed by atoms with Crippen LogP contribution in [0.4, 0.5) is 0 Å². The van der Waals surface area contributed by atoms with Gasteiger partial charge in [0.25, 0.3) is 0 Å². The Labute approximate surface area is 139 Å². The summed E-state index contributed by atoms with van der Waals surface area (Å²) in [6.45, 7) is 10.3. The van der Waals surface area contributed by atoms with E-state index in [0.29, 0.717) is 12.3 Å². The number of carboxylic acid groups (broad SMARTS) is 1. The Morgan fingerprint density at radius 1 is 1.26 bits per heavy atom. The van der Waals surface area contributed by atoms with Crippen LogP contribution >= 0.6 is 0 Å². The summed E-state index contributed by atoms with van der Waals surface area (Å²) in [5.74, 6) is -0.327. The van der Waals surface area contributed by atoms with Gasteiger partial charge in [0.15, 0.2) is 0 Å². The largest absolute Gasteiger partial charge is 0.481 e. The predicted octanol–water partition coefficient (Wildman–Crippen LogP) is 4.18. The van der Waals surface area contributed by atoms with Crippen molar-refractivity contribution in [1.29, 1.82) is 0 Å². The molecule has 0 aromatic heterocycles. The van der Waals surface area contributed by atoms with E-state index < -0.39 is 17.5 Å². The lowest BCUT2D eigenvalue weighted by Crippen LogP contribution is -2.59. The van der Waals surface area contributed by atoms with E-state index >= 15 is 0 Å². The molecule has 0 bridgehead atoms. The van der Waals surface area contributed by atoms with Crippen molar-refractivity contribution in [3.05, 3.63) is 24.3 Å². The van der Waals surface area contributed by atoms with Gasteiger partial charge in [-0.15, -0.1) is 6.58 Å². The lowest BCUT2D eigenvalue weighted by Gasteiger charge is -2.60. The second-order valence-corrected chi connectivity index (χ2v) is 8.76. The van der Waals surface area contributed by atoms with Gasteiger partial charge in [-0.3, -0.25) is 4.79 Å². The van der Waals surface area contributed by atoms with Gasteiger partial charge in [0.05, 0.1) is 11.5 Å². The first-order valence-corrected chi connectivity index (χ1v) is 8.94. The van der Waals surface area contributed by atoms with Gasteiger partial charge in [0, 0.05) is 5.41 Å². The highest BCUT2D eigenvalue weighted by molar-refractivity contribution is 5.76. The first kappa shape index (κ1) is 16.8.